The number of nitrogens with zero attached hydrogens (tertiary/aromatic N) is 1. The van der Waals surface area contributed by atoms with Crippen LogP contribution in [-0.4, -0.2) is 56.7 Å². The summed E-state index contributed by atoms with van der Waals surface area (Å²) in [6, 6.07) is 15.6. The van der Waals surface area contributed by atoms with E-state index in [0.29, 0.717) is 11.1 Å². The van der Waals surface area contributed by atoms with Gasteiger partial charge >= 0.3 is 11.9 Å². The van der Waals surface area contributed by atoms with Crippen LogP contribution in [0.4, 0.5) is 0 Å². The molecule has 6 nitrogen and oxygen atoms in total. The summed E-state index contributed by atoms with van der Waals surface area (Å²) in [5.41, 5.74) is 9.55. The number of ether oxygens (including phenoxy) is 2. The number of carbonyl (C=O) groups excluding carboxylic acids is 2. The smallest absolute Gasteiger partial charge is 0.337 e. The van der Waals surface area contributed by atoms with Crippen molar-refractivity contribution < 1.29 is 19.1 Å². The second kappa shape index (κ2) is 14.4. The Labute approximate surface area is 198 Å². The van der Waals surface area contributed by atoms with Gasteiger partial charge in [-0.05, 0) is 100 Å². The molecular formula is C27H38N2O4. The summed E-state index contributed by atoms with van der Waals surface area (Å²) >= 11 is 0. The van der Waals surface area contributed by atoms with Crippen LogP contribution in [0.2, 0.25) is 0 Å². The van der Waals surface area contributed by atoms with Crippen LogP contribution in [0.5, 0.6) is 0 Å². The van der Waals surface area contributed by atoms with E-state index < -0.39 is 0 Å². The zero-order chi connectivity index (χ0) is 24.1. The first-order valence-corrected chi connectivity index (χ1v) is 11.8. The molecule has 0 aliphatic rings. The summed E-state index contributed by atoms with van der Waals surface area (Å²) in [7, 11) is 2.79. The fourth-order valence-corrected chi connectivity index (χ4v) is 3.84. The lowest BCUT2D eigenvalue weighted by Crippen LogP contribution is -2.29. The first kappa shape index (κ1) is 26.6. The van der Waals surface area contributed by atoms with Crippen molar-refractivity contribution in [3.63, 3.8) is 0 Å². The summed E-state index contributed by atoms with van der Waals surface area (Å²) in [6.45, 7) is 5.16. The number of aryl methyl sites for hydroxylation is 2. The van der Waals surface area contributed by atoms with Gasteiger partial charge < -0.3 is 20.1 Å². The number of hydrogen-bond donors (Lipinski definition) is 1. The van der Waals surface area contributed by atoms with Gasteiger partial charge in [-0.15, -0.1) is 0 Å². The molecule has 6 heteroatoms. The highest BCUT2D eigenvalue weighted by molar-refractivity contribution is 5.89. The van der Waals surface area contributed by atoms with Gasteiger partial charge in [-0.2, -0.15) is 0 Å². The first-order valence-electron chi connectivity index (χ1n) is 11.8. The van der Waals surface area contributed by atoms with Gasteiger partial charge in [0.05, 0.1) is 25.3 Å². The number of benzene rings is 2. The van der Waals surface area contributed by atoms with Crippen molar-refractivity contribution in [3.05, 3.63) is 70.8 Å². The number of carbonyl (C=O) groups is 2. The summed E-state index contributed by atoms with van der Waals surface area (Å²) < 4.78 is 9.52. The van der Waals surface area contributed by atoms with E-state index in [4.69, 9.17) is 15.2 Å². The fraction of sp³-hybridized carbons (Fsp3) is 0.481. The maximum Gasteiger partial charge on any atom is 0.337 e. The third-order valence-electron chi connectivity index (χ3n) is 5.76. The zero-order valence-corrected chi connectivity index (χ0v) is 20.2. The Hall–Kier alpha value is -2.70. The molecule has 0 fully saturated rings. The lowest BCUT2D eigenvalue weighted by atomic mass is 10.1. The minimum Gasteiger partial charge on any atom is -0.465 e. The Kier molecular flexibility index (Phi) is 11.6. The van der Waals surface area contributed by atoms with Crippen LogP contribution in [0.1, 0.15) is 64.4 Å². The van der Waals surface area contributed by atoms with E-state index in [2.05, 4.69) is 11.8 Å². The van der Waals surface area contributed by atoms with Crippen LogP contribution in [0, 0.1) is 0 Å². The van der Waals surface area contributed by atoms with Crippen molar-refractivity contribution in [2.75, 3.05) is 33.9 Å². The van der Waals surface area contributed by atoms with Gasteiger partial charge in [0.1, 0.15) is 0 Å². The summed E-state index contributed by atoms with van der Waals surface area (Å²) in [6.07, 6.45) is 6.19. The molecule has 1 atom stereocenters. The molecule has 2 rings (SSSR count). The zero-order valence-electron chi connectivity index (χ0n) is 20.2. The molecule has 0 aromatic heterocycles. The molecule has 0 heterocycles. The monoisotopic (exact) mass is 454 g/mol. The van der Waals surface area contributed by atoms with E-state index in [1.807, 2.05) is 48.5 Å². The largest absolute Gasteiger partial charge is 0.465 e. The van der Waals surface area contributed by atoms with Crippen LogP contribution in [-0.2, 0) is 22.3 Å². The predicted molar refractivity (Wildman–Crippen MR) is 132 cm³/mol. The van der Waals surface area contributed by atoms with Crippen molar-refractivity contribution in [1.29, 1.82) is 0 Å². The molecule has 180 valence electrons. The van der Waals surface area contributed by atoms with Gasteiger partial charge in [-0.25, -0.2) is 9.59 Å². The van der Waals surface area contributed by atoms with Gasteiger partial charge in [0.2, 0.25) is 0 Å². The number of nitrogens with two attached hydrogens (primary N) is 1. The van der Waals surface area contributed by atoms with Crippen molar-refractivity contribution in [2.24, 2.45) is 5.73 Å². The number of rotatable bonds is 14. The maximum atomic E-state index is 11.6. The second-order valence-corrected chi connectivity index (χ2v) is 8.55. The van der Waals surface area contributed by atoms with Crippen LogP contribution < -0.4 is 5.73 Å². The molecule has 0 saturated carbocycles. The van der Waals surface area contributed by atoms with Gasteiger partial charge in [0.25, 0.3) is 0 Å². The molecule has 0 saturated heterocycles. The van der Waals surface area contributed by atoms with Crippen LogP contribution in [0.25, 0.3) is 0 Å². The van der Waals surface area contributed by atoms with Crippen molar-refractivity contribution in [3.8, 4) is 0 Å². The normalized spacial score (nSPS) is 11.9. The lowest BCUT2D eigenvalue weighted by Gasteiger charge is -2.23. The number of methoxy groups -OCH3 is 2. The van der Waals surface area contributed by atoms with Crippen LogP contribution in [0.3, 0.4) is 0 Å². The second-order valence-electron chi connectivity index (χ2n) is 8.55. The average Bonchev–Trinajstić information content (AvgIpc) is 2.83. The average molecular weight is 455 g/mol. The molecule has 2 aromatic carbocycles. The molecular weight excluding hydrogens is 416 g/mol. The van der Waals surface area contributed by atoms with E-state index >= 15 is 0 Å². The molecule has 0 aliphatic heterocycles. The molecule has 0 aliphatic carbocycles. The van der Waals surface area contributed by atoms with Crippen LogP contribution >= 0.6 is 0 Å². The highest BCUT2D eigenvalue weighted by Gasteiger charge is 2.09. The van der Waals surface area contributed by atoms with Gasteiger partial charge in [-0.1, -0.05) is 24.3 Å². The first-order chi connectivity index (χ1) is 15.9. The van der Waals surface area contributed by atoms with E-state index in [1.165, 1.54) is 25.3 Å². The predicted octanol–water partition coefficient (Wildman–Crippen LogP) is 4.25. The van der Waals surface area contributed by atoms with E-state index in [9.17, 15) is 9.59 Å². The third-order valence-corrected chi connectivity index (χ3v) is 5.76. The molecule has 2 aromatic rings. The Morgan fingerprint density at radius 3 is 1.52 bits per heavy atom. The Bertz CT molecular complexity index is 782. The fourth-order valence-electron chi connectivity index (χ4n) is 3.84. The molecule has 1 unspecified atom stereocenters. The van der Waals surface area contributed by atoms with Gasteiger partial charge in [0.15, 0.2) is 0 Å². The highest BCUT2D eigenvalue weighted by Crippen LogP contribution is 2.11. The van der Waals surface area contributed by atoms with Gasteiger partial charge in [0, 0.05) is 6.04 Å². The Morgan fingerprint density at radius 1 is 0.758 bits per heavy atom. The summed E-state index contributed by atoms with van der Waals surface area (Å²) in [5.74, 6) is -0.608. The maximum absolute atomic E-state index is 11.6. The summed E-state index contributed by atoms with van der Waals surface area (Å²) in [5, 5.41) is 0. The Morgan fingerprint density at radius 2 is 1.15 bits per heavy atom. The standard InChI is InChI=1S/C27H38N2O4/c1-21(28)7-4-18-29(19-5-8-22-10-14-24(15-11-22)26(30)32-2)20-6-9-23-12-16-25(17-13-23)27(31)33-3/h10-17,21H,4-9,18-20,28H2,1-3H3. The van der Waals surface area contributed by atoms with Crippen molar-refractivity contribution in [2.45, 2.75) is 51.5 Å². The topological polar surface area (TPSA) is 81.9 Å². The van der Waals surface area contributed by atoms with Crippen molar-refractivity contribution >= 4 is 11.9 Å². The van der Waals surface area contributed by atoms with E-state index in [1.54, 1.807) is 0 Å². The molecule has 2 N–H and O–H groups in total. The molecule has 0 amide bonds. The lowest BCUT2D eigenvalue weighted by molar-refractivity contribution is 0.0592. The molecule has 0 radical (unpaired) electrons. The minimum atomic E-state index is -0.304. The van der Waals surface area contributed by atoms with Crippen molar-refractivity contribution in [1.82, 2.24) is 4.90 Å². The van der Waals surface area contributed by atoms with Gasteiger partial charge in [-0.3, -0.25) is 0 Å². The number of hydrogen-bond acceptors (Lipinski definition) is 6. The molecule has 0 bridgehead atoms. The number of esters is 2. The highest BCUT2D eigenvalue weighted by atomic mass is 16.5. The summed E-state index contributed by atoms with van der Waals surface area (Å²) in [4.78, 5) is 25.7. The third kappa shape index (κ3) is 9.76. The van der Waals surface area contributed by atoms with Crippen LogP contribution in [0.15, 0.2) is 48.5 Å². The quantitative estimate of drug-likeness (QED) is 0.430. The Balaban J connectivity index is 1.82. The van der Waals surface area contributed by atoms with E-state index in [0.717, 1.165) is 58.2 Å². The SMILES string of the molecule is COC(=O)c1ccc(CCCN(CCCc2ccc(C(=O)OC)cc2)CCCC(C)N)cc1. The molecule has 0 spiro atoms. The molecule has 33 heavy (non-hydrogen) atoms. The van der Waals surface area contributed by atoms with E-state index in [-0.39, 0.29) is 18.0 Å². The minimum absolute atomic E-state index is 0.230.